The third kappa shape index (κ3) is 3.18. The van der Waals surface area contributed by atoms with E-state index in [9.17, 15) is 8.78 Å². The van der Waals surface area contributed by atoms with Gasteiger partial charge in [-0.1, -0.05) is 6.42 Å². The van der Waals surface area contributed by atoms with Gasteiger partial charge in [-0.15, -0.1) is 0 Å². The van der Waals surface area contributed by atoms with E-state index in [4.69, 9.17) is 0 Å². The molecule has 0 saturated carbocycles. The zero-order chi connectivity index (χ0) is 14.7. The van der Waals surface area contributed by atoms with Crippen molar-refractivity contribution < 1.29 is 8.78 Å². The van der Waals surface area contributed by atoms with Gasteiger partial charge in [-0.25, -0.2) is 8.78 Å². The standard InChI is InChI=1S/C16H24F2N2/c1-11-8-16(18)14(9-15(11)17)12(2)20-7-5-4-6-13(20)10-19-3/h8-9,12-13,19H,4-7,10H2,1-3H3. The van der Waals surface area contributed by atoms with Gasteiger partial charge < -0.3 is 5.32 Å². The van der Waals surface area contributed by atoms with Crippen molar-refractivity contribution in [2.24, 2.45) is 0 Å². The van der Waals surface area contributed by atoms with E-state index in [1.54, 1.807) is 6.92 Å². The molecule has 2 atom stereocenters. The minimum absolute atomic E-state index is 0.0938. The van der Waals surface area contributed by atoms with Crippen LogP contribution < -0.4 is 5.32 Å². The van der Waals surface area contributed by atoms with Gasteiger partial charge in [-0.05, 0) is 58.0 Å². The first-order valence-corrected chi connectivity index (χ1v) is 7.40. The molecule has 1 aliphatic heterocycles. The number of hydrogen-bond acceptors (Lipinski definition) is 2. The topological polar surface area (TPSA) is 15.3 Å². The molecule has 1 aromatic carbocycles. The predicted octanol–water partition coefficient (Wildman–Crippen LogP) is 3.41. The molecule has 0 bridgehead atoms. The number of likely N-dealkylation sites (tertiary alicyclic amines) is 1. The molecule has 1 aliphatic rings. The van der Waals surface area contributed by atoms with E-state index in [0.717, 1.165) is 25.9 Å². The Kier molecular flexibility index (Phi) is 5.11. The second-order valence-corrected chi connectivity index (χ2v) is 5.74. The van der Waals surface area contributed by atoms with Gasteiger partial charge in [-0.2, -0.15) is 0 Å². The lowest BCUT2D eigenvalue weighted by molar-refractivity contribution is 0.101. The van der Waals surface area contributed by atoms with Crippen molar-refractivity contribution in [3.63, 3.8) is 0 Å². The van der Waals surface area contributed by atoms with Crippen LogP contribution in [0.4, 0.5) is 8.78 Å². The molecule has 1 aromatic rings. The number of aryl methyl sites for hydroxylation is 1. The van der Waals surface area contributed by atoms with Crippen LogP contribution in [0.15, 0.2) is 12.1 Å². The van der Waals surface area contributed by atoms with E-state index in [-0.39, 0.29) is 17.7 Å². The number of halogens is 2. The number of likely N-dealkylation sites (N-methyl/N-ethyl adjacent to an activating group) is 1. The predicted molar refractivity (Wildman–Crippen MR) is 77.8 cm³/mol. The minimum Gasteiger partial charge on any atom is -0.318 e. The molecule has 0 radical (unpaired) electrons. The molecule has 0 aliphatic carbocycles. The fraction of sp³-hybridized carbons (Fsp3) is 0.625. The monoisotopic (exact) mass is 282 g/mol. The number of rotatable bonds is 4. The molecule has 1 fully saturated rings. The van der Waals surface area contributed by atoms with E-state index in [0.29, 0.717) is 17.2 Å². The van der Waals surface area contributed by atoms with Crippen molar-refractivity contribution in [2.45, 2.75) is 45.2 Å². The average Bonchev–Trinajstić information content (AvgIpc) is 2.43. The Balaban J connectivity index is 2.24. The molecule has 20 heavy (non-hydrogen) atoms. The molecule has 1 heterocycles. The second-order valence-electron chi connectivity index (χ2n) is 5.74. The molecule has 1 N–H and O–H groups in total. The van der Waals surface area contributed by atoms with E-state index >= 15 is 0 Å². The molecule has 2 unspecified atom stereocenters. The molecule has 1 saturated heterocycles. The van der Waals surface area contributed by atoms with Crippen molar-refractivity contribution in [2.75, 3.05) is 20.1 Å². The molecule has 2 nitrogen and oxygen atoms in total. The third-order valence-electron chi connectivity index (χ3n) is 4.34. The summed E-state index contributed by atoms with van der Waals surface area (Å²) in [5, 5.41) is 3.20. The van der Waals surface area contributed by atoms with Gasteiger partial charge in [0.15, 0.2) is 0 Å². The highest BCUT2D eigenvalue weighted by Gasteiger charge is 2.28. The Bertz CT molecular complexity index is 460. The molecule has 0 spiro atoms. The van der Waals surface area contributed by atoms with E-state index in [1.165, 1.54) is 18.6 Å². The Morgan fingerprint density at radius 1 is 1.30 bits per heavy atom. The lowest BCUT2D eigenvalue weighted by Crippen LogP contribution is -2.46. The molecule has 0 amide bonds. The normalized spacial score (nSPS) is 21.9. The van der Waals surface area contributed by atoms with Crippen LogP contribution in [0, 0.1) is 18.6 Å². The van der Waals surface area contributed by atoms with Crippen LogP contribution in [-0.2, 0) is 0 Å². The number of hydrogen-bond donors (Lipinski definition) is 1. The number of nitrogens with one attached hydrogen (secondary N) is 1. The zero-order valence-corrected chi connectivity index (χ0v) is 12.5. The molecular formula is C16H24F2N2. The van der Waals surface area contributed by atoms with Crippen LogP contribution >= 0.6 is 0 Å². The summed E-state index contributed by atoms with van der Waals surface area (Å²) in [4.78, 5) is 2.30. The first-order valence-electron chi connectivity index (χ1n) is 7.40. The van der Waals surface area contributed by atoms with Crippen molar-refractivity contribution in [3.05, 3.63) is 34.9 Å². The zero-order valence-electron chi connectivity index (χ0n) is 12.5. The fourth-order valence-corrected chi connectivity index (χ4v) is 3.15. The quantitative estimate of drug-likeness (QED) is 0.910. The minimum atomic E-state index is -0.324. The maximum Gasteiger partial charge on any atom is 0.128 e. The summed E-state index contributed by atoms with van der Waals surface area (Å²) in [6, 6.07) is 2.97. The van der Waals surface area contributed by atoms with Gasteiger partial charge >= 0.3 is 0 Å². The van der Waals surface area contributed by atoms with Crippen LogP contribution in [0.25, 0.3) is 0 Å². The van der Waals surface area contributed by atoms with E-state index < -0.39 is 0 Å². The summed E-state index contributed by atoms with van der Waals surface area (Å²) < 4.78 is 27.9. The second kappa shape index (κ2) is 6.64. The average molecular weight is 282 g/mol. The largest absolute Gasteiger partial charge is 0.318 e. The van der Waals surface area contributed by atoms with Crippen LogP contribution in [-0.4, -0.2) is 31.1 Å². The third-order valence-corrected chi connectivity index (χ3v) is 4.34. The van der Waals surface area contributed by atoms with Gasteiger partial charge in [0.05, 0.1) is 0 Å². The number of piperidine rings is 1. The lowest BCUT2D eigenvalue weighted by Gasteiger charge is -2.40. The number of nitrogens with zero attached hydrogens (tertiary/aromatic N) is 1. The van der Waals surface area contributed by atoms with Crippen molar-refractivity contribution in [1.29, 1.82) is 0 Å². The first-order chi connectivity index (χ1) is 9.54. The van der Waals surface area contributed by atoms with Crippen LogP contribution in [0.1, 0.15) is 43.4 Å². The number of benzene rings is 1. The van der Waals surface area contributed by atoms with E-state index in [2.05, 4.69) is 10.2 Å². The van der Waals surface area contributed by atoms with Crippen molar-refractivity contribution >= 4 is 0 Å². The highest BCUT2D eigenvalue weighted by molar-refractivity contribution is 5.27. The molecule has 0 aromatic heterocycles. The summed E-state index contributed by atoms with van der Waals surface area (Å²) in [5.41, 5.74) is 0.833. The lowest BCUT2D eigenvalue weighted by atomic mass is 9.96. The van der Waals surface area contributed by atoms with Crippen molar-refractivity contribution in [3.8, 4) is 0 Å². The molecule has 2 rings (SSSR count). The summed E-state index contributed by atoms with van der Waals surface area (Å²) in [7, 11) is 1.93. The Morgan fingerprint density at radius 2 is 2.05 bits per heavy atom. The summed E-state index contributed by atoms with van der Waals surface area (Å²) in [6.45, 7) is 5.40. The maximum atomic E-state index is 14.1. The van der Waals surface area contributed by atoms with Crippen molar-refractivity contribution in [1.82, 2.24) is 10.2 Å². The van der Waals surface area contributed by atoms with Gasteiger partial charge in [0.2, 0.25) is 0 Å². The summed E-state index contributed by atoms with van der Waals surface area (Å²) in [5.74, 6) is -0.624. The summed E-state index contributed by atoms with van der Waals surface area (Å²) >= 11 is 0. The van der Waals surface area contributed by atoms with Crippen LogP contribution in [0.3, 0.4) is 0 Å². The summed E-state index contributed by atoms with van der Waals surface area (Å²) in [6.07, 6.45) is 3.45. The smallest absolute Gasteiger partial charge is 0.128 e. The van der Waals surface area contributed by atoms with Crippen LogP contribution in [0.2, 0.25) is 0 Å². The Morgan fingerprint density at radius 3 is 2.75 bits per heavy atom. The van der Waals surface area contributed by atoms with Gasteiger partial charge in [0.25, 0.3) is 0 Å². The highest BCUT2D eigenvalue weighted by atomic mass is 19.1. The maximum absolute atomic E-state index is 14.1. The van der Waals surface area contributed by atoms with E-state index in [1.807, 2.05) is 14.0 Å². The molecular weight excluding hydrogens is 258 g/mol. The van der Waals surface area contributed by atoms with Gasteiger partial charge in [-0.3, -0.25) is 4.90 Å². The van der Waals surface area contributed by atoms with Gasteiger partial charge in [0.1, 0.15) is 11.6 Å². The van der Waals surface area contributed by atoms with Gasteiger partial charge in [0, 0.05) is 24.2 Å². The highest BCUT2D eigenvalue weighted by Crippen LogP contribution is 2.30. The Labute approximate surface area is 120 Å². The fourth-order valence-electron chi connectivity index (χ4n) is 3.15. The first kappa shape index (κ1) is 15.4. The van der Waals surface area contributed by atoms with Crippen LogP contribution in [0.5, 0.6) is 0 Å². The molecule has 112 valence electrons. The molecule has 4 heteroatoms. The Hall–Kier alpha value is -1.00. The SMILES string of the molecule is CNCC1CCCCN1C(C)c1cc(F)c(C)cc1F.